The van der Waals surface area contributed by atoms with E-state index in [4.69, 9.17) is 4.74 Å². The Morgan fingerprint density at radius 1 is 1.38 bits per heavy atom. The maximum atomic E-state index is 10.8. The van der Waals surface area contributed by atoms with Gasteiger partial charge in [0.25, 0.3) is 0 Å². The fourth-order valence-electron chi connectivity index (χ4n) is 1.84. The lowest BCUT2D eigenvalue weighted by Gasteiger charge is -2.29. The molecule has 0 heterocycles. The van der Waals surface area contributed by atoms with Gasteiger partial charge in [-0.2, -0.15) is 0 Å². The van der Waals surface area contributed by atoms with Crippen molar-refractivity contribution in [1.29, 1.82) is 0 Å². The summed E-state index contributed by atoms with van der Waals surface area (Å²) < 4.78 is 5.72. The number of allylic oxidation sites excluding steroid dienone is 1. The van der Waals surface area contributed by atoms with Crippen molar-refractivity contribution in [2.45, 2.75) is 32.5 Å². The number of carbonyl (C=O) groups excluding carboxylic acids is 1. The van der Waals surface area contributed by atoms with E-state index < -0.39 is 0 Å². The summed E-state index contributed by atoms with van der Waals surface area (Å²) in [6, 6.07) is 10.2. The average molecular weight is 216 g/mol. The lowest BCUT2D eigenvalue weighted by molar-refractivity contribution is -0.112. The Kier molecular flexibility index (Phi) is 3.52. The third-order valence-electron chi connectivity index (χ3n) is 2.72. The molecule has 0 aliphatic heterocycles. The zero-order valence-corrected chi connectivity index (χ0v) is 9.48. The highest BCUT2D eigenvalue weighted by Crippen LogP contribution is 2.29. The highest BCUT2D eigenvalue weighted by atomic mass is 16.5. The van der Waals surface area contributed by atoms with Crippen LogP contribution in [0.1, 0.15) is 25.3 Å². The minimum atomic E-state index is 0.136. The SMILES string of the molecule is CC(=O)C=C1CC(OCc2ccccc2)C1. The van der Waals surface area contributed by atoms with Crippen LogP contribution < -0.4 is 0 Å². The Hall–Kier alpha value is -1.41. The van der Waals surface area contributed by atoms with Crippen molar-refractivity contribution in [2.75, 3.05) is 0 Å². The summed E-state index contributed by atoms with van der Waals surface area (Å²) in [4.78, 5) is 10.8. The molecule has 1 saturated carbocycles. The van der Waals surface area contributed by atoms with E-state index in [1.807, 2.05) is 18.2 Å². The number of ketones is 1. The van der Waals surface area contributed by atoms with Gasteiger partial charge in [0.1, 0.15) is 0 Å². The van der Waals surface area contributed by atoms with Crippen LogP contribution in [0.3, 0.4) is 0 Å². The van der Waals surface area contributed by atoms with Crippen molar-refractivity contribution >= 4 is 5.78 Å². The lowest BCUT2D eigenvalue weighted by Crippen LogP contribution is -2.24. The summed E-state index contributed by atoms with van der Waals surface area (Å²) in [5, 5.41) is 0. The predicted molar refractivity (Wildman–Crippen MR) is 63.0 cm³/mol. The molecule has 1 fully saturated rings. The summed E-state index contributed by atoms with van der Waals surface area (Å²) >= 11 is 0. The highest BCUT2D eigenvalue weighted by Gasteiger charge is 2.23. The van der Waals surface area contributed by atoms with Crippen LogP contribution in [-0.4, -0.2) is 11.9 Å². The van der Waals surface area contributed by atoms with Crippen LogP contribution in [0.5, 0.6) is 0 Å². The molecule has 0 bridgehead atoms. The predicted octanol–water partition coefficient (Wildman–Crippen LogP) is 2.88. The van der Waals surface area contributed by atoms with Crippen molar-refractivity contribution < 1.29 is 9.53 Å². The molecule has 0 saturated heterocycles. The molecular formula is C14H16O2. The molecule has 0 radical (unpaired) electrons. The Morgan fingerprint density at radius 3 is 2.69 bits per heavy atom. The van der Waals surface area contributed by atoms with Gasteiger partial charge in [-0.3, -0.25) is 4.79 Å². The van der Waals surface area contributed by atoms with Crippen LogP contribution >= 0.6 is 0 Å². The summed E-state index contributed by atoms with van der Waals surface area (Å²) in [5.74, 6) is 0.136. The van der Waals surface area contributed by atoms with E-state index in [-0.39, 0.29) is 5.78 Å². The van der Waals surface area contributed by atoms with Gasteiger partial charge in [0.05, 0.1) is 12.7 Å². The molecule has 0 unspecified atom stereocenters. The second kappa shape index (κ2) is 5.08. The van der Waals surface area contributed by atoms with Gasteiger partial charge in [0.2, 0.25) is 0 Å². The molecule has 1 aromatic carbocycles. The standard InChI is InChI=1S/C14H16O2/c1-11(15)7-13-8-14(9-13)16-10-12-5-3-2-4-6-12/h2-7,14H,8-10H2,1H3. The fourth-order valence-corrected chi connectivity index (χ4v) is 1.84. The monoisotopic (exact) mass is 216 g/mol. The molecule has 16 heavy (non-hydrogen) atoms. The molecule has 2 heteroatoms. The lowest BCUT2D eigenvalue weighted by atomic mass is 9.88. The van der Waals surface area contributed by atoms with Gasteiger partial charge in [0.15, 0.2) is 5.78 Å². The largest absolute Gasteiger partial charge is 0.373 e. The van der Waals surface area contributed by atoms with Crippen molar-refractivity contribution in [1.82, 2.24) is 0 Å². The van der Waals surface area contributed by atoms with Crippen LogP contribution in [0.15, 0.2) is 42.0 Å². The third-order valence-corrected chi connectivity index (χ3v) is 2.72. The van der Waals surface area contributed by atoms with Gasteiger partial charge in [-0.15, -0.1) is 0 Å². The first-order chi connectivity index (χ1) is 7.74. The maximum absolute atomic E-state index is 10.8. The van der Waals surface area contributed by atoms with Crippen molar-refractivity contribution in [3.63, 3.8) is 0 Å². The summed E-state index contributed by atoms with van der Waals surface area (Å²) in [7, 11) is 0. The van der Waals surface area contributed by atoms with Gasteiger partial charge in [-0.25, -0.2) is 0 Å². The Balaban J connectivity index is 1.73. The number of benzene rings is 1. The highest BCUT2D eigenvalue weighted by molar-refractivity contribution is 5.88. The van der Waals surface area contributed by atoms with Crippen LogP contribution in [-0.2, 0) is 16.1 Å². The molecule has 0 spiro atoms. The van der Waals surface area contributed by atoms with Crippen LogP contribution in [0.2, 0.25) is 0 Å². The molecule has 1 aromatic rings. The van der Waals surface area contributed by atoms with Crippen LogP contribution in [0, 0.1) is 0 Å². The zero-order valence-electron chi connectivity index (χ0n) is 9.48. The van der Waals surface area contributed by atoms with Crippen molar-refractivity contribution in [2.24, 2.45) is 0 Å². The molecule has 1 aliphatic carbocycles. The van der Waals surface area contributed by atoms with E-state index >= 15 is 0 Å². The van der Waals surface area contributed by atoms with Gasteiger partial charge < -0.3 is 4.74 Å². The first-order valence-electron chi connectivity index (χ1n) is 5.59. The smallest absolute Gasteiger partial charge is 0.152 e. The topological polar surface area (TPSA) is 26.3 Å². The van der Waals surface area contributed by atoms with E-state index in [0.29, 0.717) is 12.7 Å². The second-order valence-corrected chi connectivity index (χ2v) is 4.24. The minimum Gasteiger partial charge on any atom is -0.373 e. The van der Waals surface area contributed by atoms with Gasteiger partial charge in [-0.05, 0) is 31.4 Å². The molecule has 84 valence electrons. The molecule has 0 N–H and O–H groups in total. The molecule has 1 aliphatic rings. The van der Waals surface area contributed by atoms with Gasteiger partial charge in [-0.1, -0.05) is 35.9 Å². The maximum Gasteiger partial charge on any atom is 0.152 e. The Labute approximate surface area is 95.9 Å². The molecule has 0 atom stereocenters. The quantitative estimate of drug-likeness (QED) is 0.723. The minimum absolute atomic E-state index is 0.136. The summed E-state index contributed by atoms with van der Waals surface area (Å²) in [6.07, 6.45) is 3.84. The molecular weight excluding hydrogens is 200 g/mol. The Morgan fingerprint density at radius 2 is 2.06 bits per heavy atom. The zero-order chi connectivity index (χ0) is 11.4. The molecule has 2 nitrogen and oxygen atoms in total. The molecule has 0 aromatic heterocycles. The fraction of sp³-hybridized carbons (Fsp3) is 0.357. The van der Waals surface area contributed by atoms with E-state index in [0.717, 1.165) is 12.8 Å². The first kappa shape index (κ1) is 11.1. The van der Waals surface area contributed by atoms with E-state index in [2.05, 4.69) is 12.1 Å². The van der Waals surface area contributed by atoms with E-state index in [1.165, 1.54) is 11.1 Å². The Bertz CT molecular complexity index is 384. The van der Waals surface area contributed by atoms with E-state index in [1.54, 1.807) is 13.0 Å². The number of hydrogen-bond donors (Lipinski definition) is 0. The molecule has 2 rings (SSSR count). The van der Waals surface area contributed by atoms with Crippen molar-refractivity contribution in [3.8, 4) is 0 Å². The van der Waals surface area contributed by atoms with Crippen LogP contribution in [0.25, 0.3) is 0 Å². The average Bonchev–Trinajstić information content (AvgIpc) is 2.22. The molecule has 0 amide bonds. The number of hydrogen-bond acceptors (Lipinski definition) is 2. The van der Waals surface area contributed by atoms with Gasteiger partial charge in [0, 0.05) is 0 Å². The van der Waals surface area contributed by atoms with E-state index in [9.17, 15) is 4.79 Å². The number of ether oxygens (including phenoxy) is 1. The van der Waals surface area contributed by atoms with Gasteiger partial charge >= 0.3 is 0 Å². The number of carbonyl (C=O) groups is 1. The normalized spacial score (nSPS) is 19.1. The number of rotatable bonds is 4. The van der Waals surface area contributed by atoms with Crippen molar-refractivity contribution in [3.05, 3.63) is 47.5 Å². The summed E-state index contributed by atoms with van der Waals surface area (Å²) in [6.45, 7) is 2.25. The summed E-state index contributed by atoms with van der Waals surface area (Å²) in [5.41, 5.74) is 2.41. The second-order valence-electron chi connectivity index (χ2n) is 4.24. The third kappa shape index (κ3) is 3.04. The van der Waals surface area contributed by atoms with Crippen LogP contribution in [0.4, 0.5) is 0 Å². The first-order valence-corrected chi connectivity index (χ1v) is 5.59.